The maximum atomic E-state index is 12.2. The van der Waals surface area contributed by atoms with Crippen LogP contribution in [0.5, 0.6) is 11.5 Å². The molecule has 2 aromatic carbocycles. The molecule has 25 heavy (non-hydrogen) atoms. The lowest BCUT2D eigenvalue weighted by Crippen LogP contribution is -2.15. The molecule has 0 saturated heterocycles. The highest BCUT2D eigenvalue weighted by Crippen LogP contribution is 2.33. The zero-order chi connectivity index (χ0) is 17.8. The molecule has 2 aromatic rings. The standard InChI is InChI=1S/C18H17ClN2O4/c1-11(22)20-14-5-4-13(19)9-15(14)21-18(23)7-3-12-2-6-16-17(8-12)25-10-24-16/h2,4-6,8-9H,3,7,10H2,1H3,(H,20,22)(H,21,23). The van der Waals surface area contributed by atoms with E-state index in [2.05, 4.69) is 10.6 Å². The first-order valence-corrected chi connectivity index (χ1v) is 8.14. The van der Waals surface area contributed by atoms with Crippen LogP contribution in [0.1, 0.15) is 18.9 Å². The molecule has 1 heterocycles. The molecule has 2 amide bonds. The number of nitrogens with one attached hydrogen (secondary N) is 2. The minimum absolute atomic E-state index is 0.175. The lowest BCUT2D eigenvalue weighted by atomic mass is 10.1. The summed E-state index contributed by atoms with van der Waals surface area (Å²) in [6.07, 6.45) is 0.837. The smallest absolute Gasteiger partial charge is 0.231 e. The predicted molar refractivity (Wildman–Crippen MR) is 95.3 cm³/mol. The number of hydrogen-bond acceptors (Lipinski definition) is 4. The van der Waals surface area contributed by atoms with E-state index in [4.69, 9.17) is 21.1 Å². The van der Waals surface area contributed by atoms with Crippen molar-refractivity contribution in [2.75, 3.05) is 17.4 Å². The Kier molecular flexibility index (Phi) is 5.09. The fraction of sp³-hybridized carbons (Fsp3) is 0.222. The lowest BCUT2D eigenvalue weighted by molar-refractivity contribution is -0.116. The fourth-order valence-electron chi connectivity index (χ4n) is 2.49. The van der Waals surface area contributed by atoms with Crippen LogP contribution in [0.25, 0.3) is 0 Å². The summed E-state index contributed by atoms with van der Waals surface area (Å²) in [5.41, 5.74) is 1.96. The minimum Gasteiger partial charge on any atom is -0.454 e. The third-order valence-corrected chi connectivity index (χ3v) is 3.88. The van der Waals surface area contributed by atoms with Crippen molar-refractivity contribution in [1.82, 2.24) is 0 Å². The summed E-state index contributed by atoms with van der Waals surface area (Å²) in [5.74, 6) is 1.01. The highest BCUT2D eigenvalue weighted by molar-refractivity contribution is 6.31. The van der Waals surface area contributed by atoms with Crippen molar-refractivity contribution in [1.29, 1.82) is 0 Å². The molecule has 0 radical (unpaired) electrons. The number of anilines is 2. The van der Waals surface area contributed by atoms with Crippen LogP contribution < -0.4 is 20.1 Å². The number of halogens is 1. The van der Waals surface area contributed by atoms with Crippen LogP contribution in [-0.4, -0.2) is 18.6 Å². The van der Waals surface area contributed by atoms with Crippen molar-refractivity contribution >= 4 is 34.8 Å². The second-order valence-corrected chi connectivity index (χ2v) is 6.04. The fourth-order valence-corrected chi connectivity index (χ4v) is 2.66. The average Bonchev–Trinajstić information content (AvgIpc) is 3.03. The van der Waals surface area contributed by atoms with Gasteiger partial charge in [0.2, 0.25) is 18.6 Å². The van der Waals surface area contributed by atoms with Crippen molar-refractivity contribution in [3.63, 3.8) is 0 Å². The zero-order valence-corrected chi connectivity index (χ0v) is 14.4. The van der Waals surface area contributed by atoms with Crippen molar-refractivity contribution in [2.24, 2.45) is 0 Å². The van der Waals surface area contributed by atoms with Crippen LogP contribution in [0, 0.1) is 0 Å². The second-order valence-electron chi connectivity index (χ2n) is 5.61. The Morgan fingerprint density at radius 2 is 1.84 bits per heavy atom. The zero-order valence-electron chi connectivity index (χ0n) is 13.6. The van der Waals surface area contributed by atoms with Crippen molar-refractivity contribution in [2.45, 2.75) is 19.8 Å². The Morgan fingerprint density at radius 3 is 2.64 bits per heavy atom. The topological polar surface area (TPSA) is 76.7 Å². The van der Waals surface area contributed by atoms with Gasteiger partial charge in [-0.1, -0.05) is 17.7 Å². The molecule has 1 aliphatic heterocycles. The Bertz CT molecular complexity index is 823. The Labute approximate surface area is 150 Å². The van der Waals surface area contributed by atoms with Gasteiger partial charge in [-0.3, -0.25) is 9.59 Å². The highest BCUT2D eigenvalue weighted by Gasteiger charge is 2.14. The first kappa shape index (κ1) is 17.1. The monoisotopic (exact) mass is 360 g/mol. The first-order valence-electron chi connectivity index (χ1n) is 7.77. The highest BCUT2D eigenvalue weighted by atomic mass is 35.5. The van der Waals surface area contributed by atoms with Crippen LogP contribution in [-0.2, 0) is 16.0 Å². The van der Waals surface area contributed by atoms with Crippen LogP contribution >= 0.6 is 11.6 Å². The van der Waals surface area contributed by atoms with E-state index >= 15 is 0 Å². The van der Waals surface area contributed by atoms with Crippen LogP contribution in [0.3, 0.4) is 0 Å². The summed E-state index contributed by atoms with van der Waals surface area (Å²) in [4.78, 5) is 23.5. The van der Waals surface area contributed by atoms with Gasteiger partial charge in [0.15, 0.2) is 11.5 Å². The minimum atomic E-state index is -0.224. The molecule has 0 bridgehead atoms. The largest absolute Gasteiger partial charge is 0.454 e. The number of carbonyl (C=O) groups is 2. The third-order valence-electron chi connectivity index (χ3n) is 3.64. The van der Waals surface area contributed by atoms with Gasteiger partial charge in [-0.25, -0.2) is 0 Å². The van der Waals surface area contributed by atoms with Gasteiger partial charge in [0.05, 0.1) is 11.4 Å². The maximum Gasteiger partial charge on any atom is 0.231 e. The van der Waals surface area contributed by atoms with E-state index in [1.165, 1.54) is 6.92 Å². The van der Waals surface area contributed by atoms with E-state index in [9.17, 15) is 9.59 Å². The summed E-state index contributed by atoms with van der Waals surface area (Å²) < 4.78 is 10.6. The van der Waals surface area contributed by atoms with E-state index in [1.807, 2.05) is 18.2 Å². The summed E-state index contributed by atoms with van der Waals surface area (Å²) in [6, 6.07) is 10.5. The molecule has 2 N–H and O–H groups in total. The lowest BCUT2D eigenvalue weighted by Gasteiger charge is -2.12. The Balaban J connectivity index is 1.63. The van der Waals surface area contributed by atoms with Crippen LogP contribution in [0.2, 0.25) is 5.02 Å². The quantitative estimate of drug-likeness (QED) is 0.854. The summed E-state index contributed by atoms with van der Waals surface area (Å²) in [6.45, 7) is 1.62. The molecule has 130 valence electrons. The van der Waals surface area contributed by atoms with E-state index < -0.39 is 0 Å². The van der Waals surface area contributed by atoms with Gasteiger partial charge in [0.25, 0.3) is 0 Å². The van der Waals surface area contributed by atoms with Crippen molar-refractivity contribution in [3.8, 4) is 11.5 Å². The molecule has 0 aromatic heterocycles. The van der Waals surface area contributed by atoms with Gasteiger partial charge in [-0.15, -0.1) is 0 Å². The molecular formula is C18H17ClN2O4. The van der Waals surface area contributed by atoms with Crippen LogP contribution in [0.4, 0.5) is 11.4 Å². The molecular weight excluding hydrogens is 344 g/mol. The predicted octanol–water partition coefficient (Wildman–Crippen LogP) is 3.60. The maximum absolute atomic E-state index is 12.2. The number of aryl methyl sites for hydroxylation is 1. The molecule has 0 saturated carbocycles. The van der Waals surface area contributed by atoms with E-state index in [1.54, 1.807) is 18.2 Å². The third kappa shape index (κ3) is 4.42. The molecule has 7 heteroatoms. The Hall–Kier alpha value is -2.73. The summed E-state index contributed by atoms with van der Waals surface area (Å²) in [5, 5.41) is 5.92. The molecule has 6 nitrogen and oxygen atoms in total. The SMILES string of the molecule is CC(=O)Nc1ccc(Cl)cc1NC(=O)CCc1ccc2c(c1)OCO2. The molecule has 1 aliphatic rings. The molecule has 0 spiro atoms. The average molecular weight is 361 g/mol. The van der Waals surface area contributed by atoms with E-state index in [-0.39, 0.29) is 25.0 Å². The molecule has 0 fully saturated rings. The van der Waals surface area contributed by atoms with E-state index in [0.717, 1.165) is 5.56 Å². The van der Waals surface area contributed by atoms with Gasteiger partial charge in [0, 0.05) is 18.4 Å². The molecule has 0 aliphatic carbocycles. The number of benzene rings is 2. The second kappa shape index (κ2) is 7.44. The van der Waals surface area contributed by atoms with Gasteiger partial charge in [-0.05, 0) is 42.3 Å². The Morgan fingerprint density at radius 1 is 1.04 bits per heavy atom. The molecule has 0 unspecified atom stereocenters. The number of carbonyl (C=O) groups excluding carboxylic acids is 2. The van der Waals surface area contributed by atoms with Crippen molar-refractivity contribution in [3.05, 3.63) is 47.0 Å². The number of fused-ring (bicyclic) bond motifs is 1. The number of hydrogen-bond donors (Lipinski definition) is 2. The number of rotatable bonds is 5. The van der Waals surface area contributed by atoms with Gasteiger partial charge in [-0.2, -0.15) is 0 Å². The van der Waals surface area contributed by atoms with Gasteiger partial charge in [0.1, 0.15) is 0 Å². The van der Waals surface area contributed by atoms with Crippen LogP contribution in [0.15, 0.2) is 36.4 Å². The van der Waals surface area contributed by atoms with Gasteiger partial charge < -0.3 is 20.1 Å². The van der Waals surface area contributed by atoms with Gasteiger partial charge >= 0.3 is 0 Å². The number of ether oxygens (including phenoxy) is 2. The summed E-state index contributed by atoms with van der Waals surface area (Å²) >= 11 is 5.97. The molecule has 3 rings (SSSR count). The summed E-state index contributed by atoms with van der Waals surface area (Å²) in [7, 11) is 0. The normalized spacial score (nSPS) is 11.9. The van der Waals surface area contributed by atoms with Crippen molar-refractivity contribution < 1.29 is 19.1 Å². The number of amides is 2. The first-order chi connectivity index (χ1) is 12.0. The van der Waals surface area contributed by atoms with E-state index in [0.29, 0.717) is 34.3 Å². The molecule has 0 atom stereocenters.